The summed E-state index contributed by atoms with van der Waals surface area (Å²) in [6.07, 6.45) is 0. The van der Waals surface area contributed by atoms with Crippen molar-refractivity contribution in [3.05, 3.63) is 71.3 Å². The van der Waals surface area contributed by atoms with Gasteiger partial charge in [-0.1, -0.05) is 42.5 Å². The minimum Gasteiger partial charge on any atom is -0.289 e. The predicted molar refractivity (Wildman–Crippen MR) is 77.0 cm³/mol. The fourth-order valence-electron chi connectivity index (χ4n) is 1.60. The van der Waals surface area contributed by atoms with Crippen molar-refractivity contribution < 1.29 is 9.59 Å². The van der Waals surface area contributed by atoms with Crippen molar-refractivity contribution in [2.45, 2.75) is 6.92 Å². The van der Waals surface area contributed by atoms with Gasteiger partial charge in [0, 0.05) is 23.1 Å². The van der Waals surface area contributed by atoms with Crippen LogP contribution in [0.5, 0.6) is 0 Å². The Morgan fingerprint density at radius 2 is 1.58 bits per heavy atom. The van der Waals surface area contributed by atoms with Crippen LogP contribution < -0.4 is 4.72 Å². The Balaban J connectivity index is 1.98. The van der Waals surface area contributed by atoms with E-state index < -0.39 is 0 Å². The zero-order valence-electron chi connectivity index (χ0n) is 10.4. The van der Waals surface area contributed by atoms with Gasteiger partial charge in [0.15, 0.2) is 0 Å². The molecule has 0 fully saturated rings. The Morgan fingerprint density at radius 3 is 2.26 bits per heavy atom. The molecule has 1 amide bonds. The number of rotatable bonds is 2. The second kappa shape index (κ2) is 6.20. The highest BCUT2D eigenvalue weighted by molar-refractivity contribution is 8.12. The molecule has 0 aliphatic carbocycles. The third-order valence-electron chi connectivity index (χ3n) is 2.64. The van der Waals surface area contributed by atoms with Gasteiger partial charge in [-0.2, -0.15) is 0 Å². The summed E-state index contributed by atoms with van der Waals surface area (Å²) in [7, 11) is 0. The Bertz CT molecular complexity index is 596. The number of hydrogen-bond donors (Lipinski definition) is 1. The molecule has 0 saturated carbocycles. The fraction of sp³-hybridized carbons (Fsp3) is 0.0667. The molecule has 0 heterocycles. The molecular formula is C15H13NO2S. The minimum atomic E-state index is -0.271. The summed E-state index contributed by atoms with van der Waals surface area (Å²) in [4.78, 5) is 23.7. The van der Waals surface area contributed by atoms with E-state index in [2.05, 4.69) is 4.72 Å². The van der Waals surface area contributed by atoms with E-state index in [1.807, 2.05) is 25.1 Å². The lowest BCUT2D eigenvalue weighted by Gasteiger charge is -2.05. The van der Waals surface area contributed by atoms with Crippen molar-refractivity contribution in [3.8, 4) is 0 Å². The number of hydrogen-bond acceptors (Lipinski definition) is 3. The van der Waals surface area contributed by atoms with Crippen molar-refractivity contribution in [1.29, 1.82) is 0 Å². The van der Waals surface area contributed by atoms with E-state index in [0.717, 1.165) is 17.5 Å². The lowest BCUT2D eigenvalue weighted by Crippen LogP contribution is -2.18. The molecule has 0 unspecified atom stereocenters. The molecule has 0 radical (unpaired) electrons. The van der Waals surface area contributed by atoms with E-state index in [9.17, 15) is 9.59 Å². The third kappa shape index (κ3) is 3.45. The highest BCUT2D eigenvalue weighted by Gasteiger charge is 2.12. The van der Waals surface area contributed by atoms with Crippen molar-refractivity contribution in [3.63, 3.8) is 0 Å². The lowest BCUT2D eigenvalue weighted by molar-refractivity contribution is 0.0978. The van der Waals surface area contributed by atoms with Gasteiger partial charge in [-0.05, 0) is 24.6 Å². The lowest BCUT2D eigenvalue weighted by atomic mass is 10.1. The first-order chi connectivity index (χ1) is 9.18. The number of carbonyl (C=O) groups excluding carboxylic acids is 2. The van der Waals surface area contributed by atoms with Gasteiger partial charge in [0.1, 0.15) is 0 Å². The summed E-state index contributed by atoms with van der Waals surface area (Å²) in [5.74, 6) is -0.271. The normalized spacial score (nSPS) is 9.95. The van der Waals surface area contributed by atoms with Crippen molar-refractivity contribution >= 4 is 23.0 Å². The standard InChI is InChI=1S/C15H13NO2S/c1-11-7-5-6-10-13(11)15(18)19-16-14(17)12-8-3-2-4-9-12/h2-10H,1H3,(H,16,17). The molecule has 2 rings (SSSR count). The zero-order chi connectivity index (χ0) is 13.7. The first-order valence-electron chi connectivity index (χ1n) is 5.80. The quantitative estimate of drug-likeness (QED) is 0.853. The molecule has 2 aromatic rings. The topological polar surface area (TPSA) is 46.2 Å². The summed E-state index contributed by atoms with van der Waals surface area (Å²) in [6, 6.07) is 16.1. The monoisotopic (exact) mass is 271 g/mol. The molecule has 0 bridgehead atoms. The largest absolute Gasteiger partial charge is 0.289 e. The highest BCUT2D eigenvalue weighted by Crippen LogP contribution is 2.14. The smallest absolute Gasteiger partial charge is 0.261 e. The maximum atomic E-state index is 11.9. The first-order valence-corrected chi connectivity index (χ1v) is 6.62. The van der Waals surface area contributed by atoms with Gasteiger partial charge in [0.05, 0.1) is 0 Å². The molecule has 0 aromatic heterocycles. The van der Waals surface area contributed by atoms with Crippen LogP contribution in [0.25, 0.3) is 0 Å². The van der Waals surface area contributed by atoms with Gasteiger partial charge in [0.2, 0.25) is 5.12 Å². The maximum absolute atomic E-state index is 11.9. The van der Waals surface area contributed by atoms with Crippen LogP contribution in [-0.4, -0.2) is 11.0 Å². The van der Waals surface area contributed by atoms with Gasteiger partial charge in [-0.3, -0.25) is 14.3 Å². The van der Waals surface area contributed by atoms with E-state index in [0.29, 0.717) is 11.1 Å². The van der Waals surface area contributed by atoms with Crippen LogP contribution in [0.3, 0.4) is 0 Å². The van der Waals surface area contributed by atoms with Crippen molar-refractivity contribution in [2.24, 2.45) is 0 Å². The van der Waals surface area contributed by atoms with E-state index in [1.54, 1.807) is 36.4 Å². The predicted octanol–water partition coefficient (Wildman–Crippen LogP) is 3.21. The first kappa shape index (κ1) is 13.4. The minimum absolute atomic E-state index is 0.164. The number of amides is 1. The van der Waals surface area contributed by atoms with E-state index in [1.165, 1.54) is 0 Å². The van der Waals surface area contributed by atoms with Crippen LogP contribution in [0.2, 0.25) is 0 Å². The number of carbonyl (C=O) groups is 2. The molecule has 3 nitrogen and oxygen atoms in total. The van der Waals surface area contributed by atoms with Gasteiger partial charge < -0.3 is 0 Å². The van der Waals surface area contributed by atoms with Crippen LogP contribution in [-0.2, 0) is 0 Å². The molecule has 0 aliphatic heterocycles. The molecule has 0 aliphatic rings. The SMILES string of the molecule is Cc1ccccc1C(=O)SNC(=O)c1ccccc1. The number of nitrogens with one attached hydrogen (secondary N) is 1. The Morgan fingerprint density at radius 1 is 0.947 bits per heavy atom. The second-order valence-corrected chi connectivity index (χ2v) is 4.78. The Hall–Kier alpha value is -2.07. The van der Waals surface area contributed by atoms with E-state index in [4.69, 9.17) is 0 Å². The molecule has 19 heavy (non-hydrogen) atoms. The fourth-order valence-corrected chi connectivity index (χ4v) is 2.24. The van der Waals surface area contributed by atoms with Gasteiger partial charge in [0.25, 0.3) is 5.91 Å². The Kier molecular flexibility index (Phi) is 4.36. The number of benzene rings is 2. The van der Waals surface area contributed by atoms with E-state index >= 15 is 0 Å². The third-order valence-corrected chi connectivity index (χ3v) is 3.33. The summed E-state index contributed by atoms with van der Waals surface area (Å²) in [5.41, 5.74) is 2.04. The van der Waals surface area contributed by atoms with Crippen LogP contribution in [0.4, 0.5) is 0 Å². The highest BCUT2D eigenvalue weighted by atomic mass is 32.2. The van der Waals surface area contributed by atoms with Gasteiger partial charge >= 0.3 is 0 Å². The average molecular weight is 271 g/mol. The summed E-state index contributed by atoms with van der Waals surface area (Å²) in [6.45, 7) is 1.87. The molecule has 0 spiro atoms. The van der Waals surface area contributed by atoms with Gasteiger partial charge in [-0.25, -0.2) is 0 Å². The van der Waals surface area contributed by atoms with Gasteiger partial charge in [-0.15, -0.1) is 0 Å². The molecule has 0 saturated heterocycles. The zero-order valence-corrected chi connectivity index (χ0v) is 11.2. The van der Waals surface area contributed by atoms with E-state index in [-0.39, 0.29) is 11.0 Å². The molecular weight excluding hydrogens is 258 g/mol. The molecule has 1 N–H and O–H groups in total. The van der Waals surface area contributed by atoms with Crippen molar-refractivity contribution in [2.75, 3.05) is 0 Å². The summed E-state index contributed by atoms with van der Waals surface area (Å²) in [5, 5.41) is -0.164. The Labute approximate surface area is 116 Å². The van der Waals surface area contributed by atoms with Crippen LogP contribution >= 0.6 is 11.9 Å². The second-order valence-electron chi connectivity index (χ2n) is 4.00. The van der Waals surface area contributed by atoms with Crippen LogP contribution in [0, 0.1) is 6.92 Å². The average Bonchev–Trinajstić information content (AvgIpc) is 2.46. The number of aryl methyl sites for hydroxylation is 1. The van der Waals surface area contributed by atoms with Crippen molar-refractivity contribution in [1.82, 2.24) is 4.72 Å². The molecule has 96 valence electrons. The summed E-state index contributed by atoms with van der Waals surface area (Å²) < 4.78 is 2.55. The molecule has 0 atom stereocenters. The summed E-state index contributed by atoms with van der Waals surface area (Å²) >= 11 is 0.808. The maximum Gasteiger partial charge on any atom is 0.261 e. The molecule has 2 aromatic carbocycles. The van der Waals surface area contributed by atoms with Crippen LogP contribution in [0.1, 0.15) is 26.3 Å². The van der Waals surface area contributed by atoms with Crippen LogP contribution in [0.15, 0.2) is 54.6 Å². The molecule has 4 heteroatoms.